The summed E-state index contributed by atoms with van der Waals surface area (Å²) in [6, 6.07) is 9.44. The van der Waals surface area contributed by atoms with Crippen LogP contribution < -0.4 is 10.6 Å². The standard InChI is InChI=1S/C18H28N2O3/c1-13(2)11-14(3)19-18(23)20-16(9-10-17(21)22)12-15-7-5-4-6-8-15/h4-8,13-14,16H,9-12H2,1-3H3,(H,21,22)(H2,19,20,23). The molecule has 1 aromatic carbocycles. The van der Waals surface area contributed by atoms with Crippen molar-refractivity contribution in [2.24, 2.45) is 5.92 Å². The predicted molar refractivity (Wildman–Crippen MR) is 91.4 cm³/mol. The van der Waals surface area contributed by atoms with Crippen LogP contribution in [0.4, 0.5) is 4.79 Å². The van der Waals surface area contributed by atoms with Gasteiger partial charge in [-0.1, -0.05) is 44.2 Å². The molecular weight excluding hydrogens is 292 g/mol. The summed E-state index contributed by atoms with van der Waals surface area (Å²) in [6.07, 6.45) is 1.99. The lowest BCUT2D eigenvalue weighted by atomic mass is 10.0. The van der Waals surface area contributed by atoms with Crippen LogP contribution in [0.2, 0.25) is 0 Å². The van der Waals surface area contributed by atoms with Crippen molar-refractivity contribution >= 4 is 12.0 Å². The van der Waals surface area contributed by atoms with Gasteiger partial charge < -0.3 is 15.7 Å². The first-order valence-corrected chi connectivity index (χ1v) is 8.19. The van der Waals surface area contributed by atoms with E-state index < -0.39 is 5.97 Å². The molecule has 128 valence electrons. The van der Waals surface area contributed by atoms with Crippen LogP contribution in [0.25, 0.3) is 0 Å². The molecule has 0 saturated carbocycles. The number of benzene rings is 1. The van der Waals surface area contributed by atoms with Crippen molar-refractivity contribution in [3.63, 3.8) is 0 Å². The van der Waals surface area contributed by atoms with Crippen molar-refractivity contribution < 1.29 is 14.7 Å². The molecule has 1 rings (SSSR count). The molecular formula is C18H28N2O3. The Labute approximate surface area is 138 Å². The highest BCUT2D eigenvalue weighted by Gasteiger charge is 2.16. The number of rotatable bonds is 9. The Balaban J connectivity index is 2.57. The molecule has 5 heteroatoms. The Kier molecular flexibility index (Phi) is 8.16. The van der Waals surface area contributed by atoms with E-state index in [1.807, 2.05) is 37.3 Å². The minimum atomic E-state index is -0.849. The molecule has 0 saturated heterocycles. The second-order valence-electron chi connectivity index (χ2n) is 6.47. The van der Waals surface area contributed by atoms with Crippen LogP contribution in [0.3, 0.4) is 0 Å². The lowest BCUT2D eigenvalue weighted by Crippen LogP contribution is -2.46. The lowest BCUT2D eigenvalue weighted by Gasteiger charge is -2.21. The fourth-order valence-corrected chi connectivity index (χ4v) is 2.64. The average Bonchev–Trinajstić information content (AvgIpc) is 2.44. The fraction of sp³-hybridized carbons (Fsp3) is 0.556. The minimum absolute atomic E-state index is 0.0410. The molecule has 23 heavy (non-hydrogen) atoms. The maximum atomic E-state index is 12.1. The Hall–Kier alpha value is -2.04. The largest absolute Gasteiger partial charge is 0.481 e. The molecule has 0 aromatic heterocycles. The number of amides is 2. The summed E-state index contributed by atoms with van der Waals surface area (Å²) >= 11 is 0. The van der Waals surface area contributed by atoms with E-state index in [4.69, 9.17) is 5.11 Å². The minimum Gasteiger partial charge on any atom is -0.481 e. The fourth-order valence-electron chi connectivity index (χ4n) is 2.64. The van der Waals surface area contributed by atoms with Gasteiger partial charge >= 0.3 is 12.0 Å². The van der Waals surface area contributed by atoms with Crippen LogP contribution in [0.15, 0.2) is 30.3 Å². The van der Waals surface area contributed by atoms with E-state index >= 15 is 0 Å². The van der Waals surface area contributed by atoms with Gasteiger partial charge in [0.1, 0.15) is 0 Å². The SMILES string of the molecule is CC(C)CC(C)NC(=O)NC(CCC(=O)O)Cc1ccccc1. The summed E-state index contributed by atoms with van der Waals surface area (Å²) in [4.78, 5) is 22.9. The summed E-state index contributed by atoms with van der Waals surface area (Å²) in [7, 11) is 0. The van der Waals surface area contributed by atoms with Crippen molar-refractivity contribution in [2.45, 2.75) is 58.5 Å². The first-order chi connectivity index (χ1) is 10.9. The third-order valence-corrected chi connectivity index (χ3v) is 3.57. The van der Waals surface area contributed by atoms with E-state index in [1.165, 1.54) is 0 Å². The highest BCUT2D eigenvalue weighted by atomic mass is 16.4. The maximum absolute atomic E-state index is 12.1. The third-order valence-electron chi connectivity index (χ3n) is 3.57. The molecule has 2 amide bonds. The van der Waals surface area contributed by atoms with E-state index in [2.05, 4.69) is 24.5 Å². The zero-order chi connectivity index (χ0) is 17.2. The highest BCUT2D eigenvalue weighted by Crippen LogP contribution is 2.08. The Bertz CT molecular complexity index is 488. The molecule has 0 heterocycles. The first kappa shape index (κ1) is 19.0. The van der Waals surface area contributed by atoms with Gasteiger partial charge in [-0.25, -0.2) is 4.79 Å². The van der Waals surface area contributed by atoms with Gasteiger partial charge in [-0.3, -0.25) is 4.79 Å². The quantitative estimate of drug-likeness (QED) is 0.654. The number of hydrogen-bond donors (Lipinski definition) is 3. The predicted octanol–water partition coefficient (Wildman–Crippen LogP) is 3.20. The van der Waals surface area contributed by atoms with Crippen LogP contribution >= 0.6 is 0 Å². The van der Waals surface area contributed by atoms with Crippen LogP contribution in [0, 0.1) is 5.92 Å². The number of aliphatic carboxylic acids is 1. The molecule has 2 unspecified atom stereocenters. The molecule has 5 nitrogen and oxygen atoms in total. The van der Waals surface area contributed by atoms with Crippen molar-refractivity contribution in [1.29, 1.82) is 0 Å². The van der Waals surface area contributed by atoms with Crippen LogP contribution in [-0.2, 0) is 11.2 Å². The zero-order valence-electron chi connectivity index (χ0n) is 14.2. The molecule has 1 aromatic rings. The van der Waals surface area contributed by atoms with Crippen molar-refractivity contribution in [3.05, 3.63) is 35.9 Å². The molecule has 0 aliphatic rings. The maximum Gasteiger partial charge on any atom is 0.315 e. The van der Waals surface area contributed by atoms with Gasteiger partial charge in [0.2, 0.25) is 0 Å². The zero-order valence-corrected chi connectivity index (χ0v) is 14.2. The third kappa shape index (κ3) is 8.86. The highest BCUT2D eigenvalue weighted by molar-refractivity contribution is 5.74. The molecule has 0 fully saturated rings. The van der Waals surface area contributed by atoms with Crippen molar-refractivity contribution in [3.8, 4) is 0 Å². The number of carboxylic acids is 1. The molecule has 2 atom stereocenters. The topological polar surface area (TPSA) is 78.4 Å². The summed E-state index contributed by atoms with van der Waals surface area (Å²) in [5, 5.41) is 14.7. The van der Waals surface area contributed by atoms with Crippen LogP contribution in [0.1, 0.15) is 45.6 Å². The number of nitrogens with one attached hydrogen (secondary N) is 2. The molecule has 0 bridgehead atoms. The number of carbonyl (C=O) groups is 2. The first-order valence-electron chi connectivity index (χ1n) is 8.19. The number of carboxylic acid groups (broad SMARTS) is 1. The molecule has 0 aliphatic heterocycles. The summed E-state index contributed by atoms with van der Waals surface area (Å²) in [5.41, 5.74) is 1.08. The summed E-state index contributed by atoms with van der Waals surface area (Å²) in [5.74, 6) is -0.337. The van der Waals surface area contributed by atoms with E-state index in [0.717, 1.165) is 12.0 Å². The van der Waals surface area contributed by atoms with E-state index in [-0.39, 0.29) is 24.5 Å². The molecule has 3 N–H and O–H groups in total. The van der Waals surface area contributed by atoms with Gasteiger partial charge in [-0.2, -0.15) is 0 Å². The van der Waals surface area contributed by atoms with Gasteiger partial charge in [0, 0.05) is 18.5 Å². The molecule has 0 spiro atoms. The smallest absolute Gasteiger partial charge is 0.315 e. The second-order valence-corrected chi connectivity index (χ2v) is 6.47. The van der Waals surface area contributed by atoms with Crippen LogP contribution in [0.5, 0.6) is 0 Å². The normalized spacial score (nSPS) is 13.4. The monoisotopic (exact) mass is 320 g/mol. The van der Waals surface area contributed by atoms with Gasteiger partial charge in [0.25, 0.3) is 0 Å². The lowest BCUT2D eigenvalue weighted by molar-refractivity contribution is -0.137. The Morgan fingerprint density at radius 2 is 1.74 bits per heavy atom. The van der Waals surface area contributed by atoms with Gasteiger partial charge in [-0.05, 0) is 37.7 Å². The van der Waals surface area contributed by atoms with Crippen molar-refractivity contribution in [1.82, 2.24) is 10.6 Å². The average molecular weight is 320 g/mol. The summed E-state index contributed by atoms with van der Waals surface area (Å²) < 4.78 is 0. The second kappa shape index (κ2) is 9.87. The van der Waals surface area contributed by atoms with E-state index in [9.17, 15) is 9.59 Å². The molecule has 0 aliphatic carbocycles. The van der Waals surface area contributed by atoms with Crippen molar-refractivity contribution in [2.75, 3.05) is 0 Å². The van der Waals surface area contributed by atoms with E-state index in [1.54, 1.807) is 0 Å². The summed E-state index contributed by atoms with van der Waals surface area (Å²) in [6.45, 7) is 6.20. The Morgan fingerprint density at radius 3 is 2.30 bits per heavy atom. The van der Waals surface area contributed by atoms with Crippen LogP contribution in [-0.4, -0.2) is 29.2 Å². The van der Waals surface area contributed by atoms with Gasteiger partial charge in [0.15, 0.2) is 0 Å². The number of carbonyl (C=O) groups excluding carboxylic acids is 1. The Morgan fingerprint density at radius 1 is 1.09 bits per heavy atom. The number of urea groups is 1. The molecule has 0 radical (unpaired) electrons. The van der Waals surface area contributed by atoms with Gasteiger partial charge in [0.05, 0.1) is 0 Å². The number of hydrogen-bond acceptors (Lipinski definition) is 2. The van der Waals surface area contributed by atoms with E-state index in [0.29, 0.717) is 18.8 Å². The van der Waals surface area contributed by atoms with Gasteiger partial charge in [-0.15, -0.1) is 0 Å².